The summed E-state index contributed by atoms with van der Waals surface area (Å²) in [5, 5.41) is 2.84. The maximum atomic E-state index is 11.9. The van der Waals surface area contributed by atoms with Crippen molar-refractivity contribution in [2.75, 3.05) is 44.2 Å². The van der Waals surface area contributed by atoms with E-state index in [0.717, 1.165) is 45.0 Å². The summed E-state index contributed by atoms with van der Waals surface area (Å²) in [5.41, 5.74) is 0.446. The molecule has 0 spiro atoms. The summed E-state index contributed by atoms with van der Waals surface area (Å²) in [5.74, 6) is 0.722. The quantitative estimate of drug-likeness (QED) is 0.861. The lowest BCUT2D eigenvalue weighted by atomic mass is 10.3. The fourth-order valence-electron chi connectivity index (χ4n) is 2.27. The van der Waals surface area contributed by atoms with Crippen LogP contribution in [0.1, 0.15) is 30.8 Å². The summed E-state index contributed by atoms with van der Waals surface area (Å²) in [7, 11) is 0. The Morgan fingerprint density at radius 1 is 1.25 bits per heavy atom. The van der Waals surface area contributed by atoms with Crippen LogP contribution in [-0.4, -0.2) is 60.0 Å². The summed E-state index contributed by atoms with van der Waals surface area (Å²) in [6, 6.07) is 1.78. The zero-order valence-electron chi connectivity index (χ0n) is 12.3. The van der Waals surface area contributed by atoms with Crippen LogP contribution < -0.4 is 10.2 Å². The van der Waals surface area contributed by atoms with Crippen molar-refractivity contribution in [3.8, 4) is 0 Å². The SMILES string of the molecule is CCCNC(=O)c1cc(N2CCN(CC)CC2)ncn1. The maximum Gasteiger partial charge on any atom is 0.270 e. The molecule has 0 radical (unpaired) electrons. The summed E-state index contributed by atoms with van der Waals surface area (Å²) >= 11 is 0. The Balaban J connectivity index is 2.01. The number of hydrogen-bond donors (Lipinski definition) is 1. The molecule has 0 aromatic carbocycles. The number of likely N-dealkylation sites (N-methyl/N-ethyl adjacent to an activating group) is 1. The van der Waals surface area contributed by atoms with Crippen molar-refractivity contribution in [1.29, 1.82) is 0 Å². The molecule has 1 aliphatic rings. The van der Waals surface area contributed by atoms with Crippen LogP contribution in [0.25, 0.3) is 0 Å². The lowest BCUT2D eigenvalue weighted by Crippen LogP contribution is -2.46. The number of hydrogen-bond acceptors (Lipinski definition) is 5. The van der Waals surface area contributed by atoms with Crippen molar-refractivity contribution in [3.63, 3.8) is 0 Å². The number of piperazine rings is 1. The van der Waals surface area contributed by atoms with E-state index >= 15 is 0 Å². The highest BCUT2D eigenvalue weighted by molar-refractivity contribution is 5.92. The smallest absolute Gasteiger partial charge is 0.270 e. The first-order chi connectivity index (χ1) is 9.74. The van der Waals surface area contributed by atoms with Crippen LogP contribution in [-0.2, 0) is 0 Å². The molecule has 0 saturated carbocycles. The summed E-state index contributed by atoms with van der Waals surface area (Å²) in [4.78, 5) is 24.9. The molecule has 1 fully saturated rings. The number of nitrogens with one attached hydrogen (secondary N) is 1. The van der Waals surface area contributed by atoms with Gasteiger partial charge < -0.3 is 15.1 Å². The second kappa shape index (κ2) is 7.19. The van der Waals surface area contributed by atoms with Crippen LogP contribution >= 0.6 is 0 Å². The van der Waals surface area contributed by atoms with Crippen LogP contribution in [0.15, 0.2) is 12.4 Å². The van der Waals surface area contributed by atoms with Gasteiger partial charge in [-0.3, -0.25) is 4.79 Å². The molecule has 0 atom stereocenters. The van der Waals surface area contributed by atoms with Crippen molar-refractivity contribution in [3.05, 3.63) is 18.1 Å². The summed E-state index contributed by atoms with van der Waals surface area (Å²) < 4.78 is 0. The first-order valence-corrected chi connectivity index (χ1v) is 7.32. The van der Waals surface area contributed by atoms with Gasteiger partial charge in [-0.05, 0) is 13.0 Å². The monoisotopic (exact) mass is 277 g/mol. The van der Waals surface area contributed by atoms with Gasteiger partial charge in [0.2, 0.25) is 0 Å². The van der Waals surface area contributed by atoms with E-state index in [9.17, 15) is 4.79 Å². The van der Waals surface area contributed by atoms with Crippen LogP contribution in [0.5, 0.6) is 0 Å². The number of anilines is 1. The molecule has 2 rings (SSSR count). The van der Waals surface area contributed by atoms with Gasteiger partial charge in [0.05, 0.1) is 0 Å². The van der Waals surface area contributed by atoms with Gasteiger partial charge in [-0.2, -0.15) is 0 Å². The Morgan fingerprint density at radius 3 is 2.65 bits per heavy atom. The molecule has 1 N–H and O–H groups in total. The molecule has 0 aliphatic carbocycles. The van der Waals surface area contributed by atoms with E-state index < -0.39 is 0 Å². The van der Waals surface area contributed by atoms with E-state index in [0.29, 0.717) is 12.2 Å². The Labute approximate surface area is 120 Å². The molecule has 6 nitrogen and oxygen atoms in total. The average Bonchev–Trinajstić information content (AvgIpc) is 2.52. The highest BCUT2D eigenvalue weighted by atomic mass is 16.1. The second-order valence-corrected chi connectivity index (χ2v) is 4.94. The van der Waals surface area contributed by atoms with E-state index in [2.05, 4.69) is 32.0 Å². The molecule has 0 unspecified atom stereocenters. The van der Waals surface area contributed by atoms with Crippen LogP contribution in [0, 0.1) is 0 Å². The van der Waals surface area contributed by atoms with E-state index in [1.54, 1.807) is 6.07 Å². The fourth-order valence-corrected chi connectivity index (χ4v) is 2.27. The number of amides is 1. The lowest BCUT2D eigenvalue weighted by Gasteiger charge is -2.34. The lowest BCUT2D eigenvalue weighted by molar-refractivity contribution is 0.0948. The highest BCUT2D eigenvalue weighted by Gasteiger charge is 2.18. The predicted octanol–water partition coefficient (Wildman–Crippen LogP) is 0.758. The normalized spacial score (nSPS) is 16.2. The molecular weight excluding hydrogens is 254 g/mol. The number of rotatable bonds is 5. The molecule has 1 aromatic heterocycles. The van der Waals surface area contributed by atoms with Gasteiger partial charge in [0.25, 0.3) is 5.91 Å². The van der Waals surface area contributed by atoms with Crippen molar-refractivity contribution in [2.45, 2.75) is 20.3 Å². The van der Waals surface area contributed by atoms with Crippen LogP contribution in [0.2, 0.25) is 0 Å². The zero-order chi connectivity index (χ0) is 14.4. The van der Waals surface area contributed by atoms with Crippen molar-refractivity contribution in [1.82, 2.24) is 20.2 Å². The molecule has 110 valence electrons. The zero-order valence-corrected chi connectivity index (χ0v) is 12.3. The van der Waals surface area contributed by atoms with Gasteiger partial charge in [-0.15, -0.1) is 0 Å². The van der Waals surface area contributed by atoms with Gasteiger partial charge in [0.15, 0.2) is 0 Å². The van der Waals surface area contributed by atoms with Gasteiger partial charge in [0.1, 0.15) is 17.8 Å². The van der Waals surface area contributed by atoms with Crippen LogP contribution in [0.3, 0.4) is 0 Å². The van der Waals surface area contributed by atoms with E-state index in [4.69, 9.17) is 0 Å². The van der Waals surface area contributed by atoms with Gasteiger partial charge in [0, 0.05) is 38.8 Å². The standard InChI is InChI=1S/C14H23N5O/c1-3-5-15-14(20)12-10-13(17-11-16-12)19-8-6-18(4-2)7-9-19/h10-11H,3-9H2,1-2H3,(H,15,20). The van der Waals surface area contributed by atoms with Gasteiger partial charge >= 0.3 is 0 Å². The molecular formula is C14H23N5O. The Kier molecular flexibility index (Phi) is 5.29. The first-order valence-electron chi connectivity index (χ1n) is 7.32. The third-order valence-electron chi connectivity index (χ3n) is 3.56. The van der Waals surface area contributed by atoms with Gasteiger partial charge in [-0.1, -0.05) is 13.8 Å². The molecule has 1 saturated heterocycles. The molecule has 6 heteroatoms. The highest BCUT2D eigenvalue weighted by Crippen LogP contribution is 2.13. The van der Waals surface area contributed by atoms with Gasteiger partial charge in [-0.25, -0.2) is 9.97 Å². The van der Waals surface area contributed by atoms with Crippen molar-refractivity contribution in [2.24, 2.45) is 0 Å². The van der Waals surface area contributed by atoms with E-state index in [1.165, 1.54) is 6.33 Å². The Morgan fingerprint density at radius 2 is 2.00 bits per heavy atom. The topological polar surface area (TPSA) is 61.4 Å². The third kappa shape index (κ3) is 3.66. The Bertz CT molecular complexity index is 443. The number of carbonyl (C=O) groups is 1. The second-order valence-electron chi connectivity index (χ2n) is 4.94. The number of nitrogens with zero attached hydrogens (tertiary/aromatic N) is 4. The van der Waals surface area contributed by atoms with E-state index in [1.807, 2.05) is 6.92 Å². The molecule has 1 aliphatic heterocycles. The minimum Gasteiger partial charge on any atom is -0.354 e. The van der Waals surface area contributed by atoms with E-state index in [-0.39, 0.29) is 5.91 Å². The number of carbonyl (C=O) groups excluding carboxylic acids is 1. The molecule has 0 bridgehead atoms. The average molecular weight is 277 g/mol. The fraction of sp³-hybridized carbons (Fsp3) is 0.643. The molecule has 1 amide bonds. The predicted molar refractivity (Wildman–Crippen MR) is 79.0 cm³/mol. The number of aromatic nitrogens is 2. The molecule has 1 aromatic rings. The van der Waals surface area contributed by atoms with Crippen molar-refractivity contribution < 1.29 is 4.79 Å². The molecule has 2 heterocycles. The first kappa shape index (κ1) is 14.7. The largest absolute Gasteiger partial charge is 0.354 e. The summed E-state index contributed by atoms with van der Waals surface area (Å²) in [6.45, 7) is 9.93. The molecule has 20 heavy (non-hydrogen) atoms. The van der Waals surface area contributed by atoms with Crippen LogP contribution in [0.4, 0.5) is 5.82 Å². The minimum absolute atomic E-state index is 0.123. The summed E-state index contributed by atoms with van der Waals surface area (Å²) in [6.07, 6.45) is 2.39. The Hall–Kier alpha value is -1.69. The maximum absolute atomic E-state index is 11.9. The minimum atomic E-state index is -0.123. The third-order valence-corrected chi connectivity index (χ3v) is 3.56. The van der Waals surface area contributed by atoms with Crippen molar-refractivity contribution >= 4 is 11.7 Å².